The van der Waals surface area contributed by atoms with Gasteiger partial charge in [-0.1, -0.05) is 6.42 Å². The number of rotatable bonds is 6. The summed E-state index contributed by atoms with van der Waals surface area (Å²) in [6.07, 6.45) is 6.14. The van der Waals surface area contributed by atoms with E-state index in [2.05, 4.69) is 32.1 Å². The third-order valence-electron chi connectivity index (χ3n) is 7.01. The van der Waals surface area contributed by atoms with Crippen LogP contribution in [0.3, 0.4) is 0 Å². The maximum Gasteiger partial charge on any atom is 0.274 e. The Bertz CT molecular complexity index is 1410. The van der Waals surface area contributed by atoms with Crippen molar-refractivity contribution < 1.29 is 13.6 Å². The first kappa shape index (κ1) is 23.7. The van der Waals surface area contributed by atoms with Crippen LogP contribution in [0.15, 0.2) is 35.4 Å². The van der Waals surface area contributed by atoms with Crippen molar-refractivity contribution in [3.8, 4) is 6.07 Å². The Balaban J connectivity index is 1.45. The van der Waals surface area contributed by atoms with Crippen LogP contribution in [0.5, 0.6) is 0 Å². The second-order valence-corrected chi connectivity index (χ2v) is 9.30. The fourth-order valence-electron chi connectivity index (χ4n) is 4.85. The number of anilines is 3. The maximum absolute atomic E-state index is 13.7. The van der Waals surface area contributed by atoms with Gasteiger partial charge in [0, 0.05) is 37.7 Å². The molecule has 36 heavy (non-hydrogen) atoms. The van der Waals surface area contributed by atoms with Crippen LogP contribution in [-0.2, 0) is 0 Å². The maximum atomic E-state index is 13.7. The van der Waals surface area contributed by atoms with Crippen molar-refractivity contribution in [1.29, 1.82) is 5.26 Å². The van der Waals surface area contributed by atoms with E-state index in [0.717, 1.165) is 19.3 Å². The Morgan fingerprint density at radius 3 is 2.83 bits per heavy atom. The zero-order chi connectivity index (χ0) is 25.4. The predicted molar refractivity (Wildman–Crippen MR) is 129 cm³/mol. The second-order valence-electron chi connectivity index (χ2n) is 9.30. The highest BCUT2D eigenvalue weighted by atomic mass is 19.3. The second kappa shape index (κ2) is 9.22. The molecular formula is C24H26F2N8O2. The standard InChI is InChI=1S/C24H26F2N8O2/c1-28-20-11-19(30-17-6-3-9-33(23(17)36)15-5-2-4-14(10-15)12-27)32-21-16(13-29-34(20)21)22(35)31-18-7-8-24(18,25)26/h3,6,9,11,13-15,18,28H,2,4-5,7-8,10H2,1H3,(H,30,32)(H,31,35)/t14-,15+,18+/m0/s1. The molecule has 0 bridgehead atoms. The quantitative estimate of drug-likeness (QED) is 0.477. The SMILES string of the molecule is CNc1cc(Nc2cccn([C@@H]3CCC[C@H](C#N)C3)c2=O)nc2c(C(=O)N[C@@H]3CCC3(F)F)cnn12. The lowest BCUT2D eigenvalue weighted by atomic mass is 9.86. The van der Waals surface area contributed by atoms with E-state index in [9.17, 15) is 23.6 Å². The molecule has 2 aliphatic carbocycles. The van der Waals surface area contributed by atoms with E-state index >= 15 is 0 Å². The van der Waals surface area contributed by atoms with E-state index in [1.54, 1.807) is 36.0 Å². The average Bonchev–Trinajstić information content (AvgIpc) is 3.31. The molecule has 2 saturated carbocycles. The first-order valence-electron chi connectivity index (χ1n) is 11.9. The van der Waals surface area contributed by atoms with Gasteiger partial charge in [-0.3, -0.25) is 9.59 Å². The van der Waals surface area contributed by atoms with Crippen LogP contribution in [0.1, 0.15) is 54.9 Å². The number of amides is 1. The van der Waals surface area contributed by atoms with Gasteiger partial charge in [0.2, 0.25) is 0 Å². The summed E-state index contributed by atoms with van der Waals surface area (Å²) in [7, 11) is 1.67. The molecule has 3 heterocycles. The number of pyridine rings is 1. The Morgan fingerprint density at radius 1 is 1.31 bits per heavy atom. The van der Waals surface area contributed by atoms with E-state index in [1.807, 2.05) is 0 Å². The number of alkyl halides is 2. The van der Waals surface area contributed by atoms with Crippen LogP contribution in [0.4, 0.5) is 26.1 Å². The zero-order valence-electron chi connectivity index (χ0n) is 19.7. The van der Waals surface area contributed by atoms with Crippen LogP contribution in [-0.4, -0.2) is 44.1 Å². The molecule has 2 fully saturated rings. The minimum absolute atomic E-state index is 0.0491. The third kappa shape index (κ3) is 4.25. The van der Waals surface area contributed by atoms with Crippen LogP contribution < -0.4 is 21.5 Å². The average molecular weight is 497 g/mol. The van der Waals surface area contributed by atoms with Crippen LogP contribution in [0, 0.1) is 17.2 Å². The zero-order valence-corrected chi connectivity index (χ0v) is 19.7. The van der Waals surface area contributed by atoms with Gasteiger partial charge >= 0.3 is 0 Å². The predicted octanol–water partition coefficient (Wildman–Crippen LogP) is 3.46. The number of carbonyl (C=O) groups excluding carboxylic acids is 1. The molecule has 5 rings (SSSR count). The molecule has 0 aliphatic heterocycles. The summed E-state index contributed by atoms with van der Waals surface area (Å²) in [6.45, 7) is 0. The Kier molecular flexibility index (Phi) is 6.07. The normalized spacial score (nSPS) is 22.9. The summed E-state index contributed by atoms with van der Waals surface area (Å²) in [5.41, 5.74) is 0.250. The molecule has 0 aromatic carbocycles. The lowest BCUT2D eigenvalue weighted by molar-refractivity contribution is -0.102. The number of nitriles is 1. The molecule has 3 atom stereocenters. The number of hydrogen-bond donors (Lipinski definition) is 3. The lowest BCUT2D eigenvalue weighted by Gasteiger charge is -2.36. The van der Waals surface area contributed by atoms with Crippen LogP contribution in [0.2, 0.25) is 0 Å². The Morgan fingerprint density at radius 2 is 2.14 bits per heavy atom. The molecule has 0 spiro atoms. The summed E-state index contributed by atoms with van der Waals surface area (Å²) in [6, 6.07) is 6.06. The van der Waals surface area contributed by atoms with E-state index in [0.29, 0.717) is 12.2 Å². The van der Waals surface area contributed by atoms with Gasteiger partial charge in [0.05, 0.1) is 18.3 Å². The van der Waals surface area contributed by atoms with Crippen molar-refractivity contribution in [1.82, 2.24) is 24.5 Å². The van der Waals surface area contributed by atoms with Gasteiger partial charge in [0.15, 0.2) is 5.65 Å². The number of nitrogens with zero attached hydrogens (tertiary/aromatic N) is 5. The fourth-order valence-corrected chi connectivity index (χ4v) is 4.85. The summed E-state index contributed by atoms with van der Waals surface area (Å²) >= 11 is 0. The highest BCUT2D eigenvalue weighted by molar-refractivity contribution is 6.00. The van der Waals surface area contributed by atoms with Crippen molar-refractivity contribution >= 4 is 28.9 Å². The van der Waals surface area contributed by atoms with Crippen molar-refractivity contribution in [3.63, 3.8) is 0 Å². The summed E-state index contributed by atoms with van der Waals surface area (Å²) < 4.78 is 30.4. The summed E-state index contributed by atoms with van der Waals surface area (Å²) in [5.74, 6) is -2.92. The van der Waals surface area contributed by atoms with Gasteiger partial charge in [-0.15, -0.1) is 0 Å². The summed E-state index contributed by atoms with van der Waals surface area (Å²) in [4.78, 5) is 30.5. The number of fused-ring (bicyclic) bond motifs is 1. The largest absolute Gasteiger partial charge is 0.373 e. The molecule has 10 nitrogen and oxygen atoms in total. The molecule has 0 saturated heterocycles. The summed E-state index contributed by atoms with van der Waals surface area (Å²) in [5, 5.41) is 21.9. The fraction of sp³-hybridized carbons (Fsp3) is 0.458. The highest BCUT2D eigenvalue weighted by Gasteiger charge is 2.49. The van der Waals surface area contributed by atoms with E-state index in [4.69, 9.17) is 0 Å². The monoisotopic (exact) mass is 496 g/mol. The first-order chi connectivity index (χ1) is 17.3. The minimum Gasteiger partial charge on any atom is -0.373 e. The van der Waals surface area contributed by atoms with Gasteiger partial charge in [-0.2, -0.15) is 14.9 Å². The van der Waals surface area contributed by atoms with E-state index in [1.165, 1.54) is 10.7 Å². The molecule has 188 valence electrons. The smallest absolute Gasteiger partial charge is 0.274 e. The number of carbonyl (C=O) groups is 1. The number of hydrogen-bond acceptors (Lipinski definition) is 7. The highest BCUT2D eigenvalue weighted by Crippen LogP contribution is 2.37. The topological polar surface area (TPSA) is 129 Å². The van der Waals surface area contributed by atoms with E-state index in [-0.39, 0.29) is 53.1 Å². The van der Waals surface area contributed by atoms with Crippen molar-refractivity contribution in [2.24, 2.45) is 5.92 Å². The van der Waals surface area contributed by atoms with Crippen molar-refractivity contribution in [2.45, 2.75) is 56.5 Å². The van der Waals surface area contributed by atoms with Gasteiger partial charge in [0.1, 0.15) is 22.9 Å². The molecule has 2 aliphatic rings. The molecule has 3 N–H and O–H groups in total. The molecule has 0 radical (unpaired) electrons. The molecule has 0 unspecified atom stereocenters. The Hall–Kier alpha value is -4.01. The van der Waals surface area contributed by atoms with Gasteiger partial charge in [0.25, 0.3) is 17.4 Å². The number of nitrogens with one attached hydrogen (secondary N) is 3. The Labute approximate surface area is 205 Å². The first-order valence-corrected chi connectivity index (χ1v) is 11.9. The van der Waals surface area contributed by atoms with Gasteiger partial charge in [-0.05, 0) is 37.8 Å². The molecular weight excluding hydrogens is 470 g/mol. The van der Waals surface area contributed by atoms with Crippen LogP contribution in [0.25, 0.3) is 5.65 Å². The number of aromatic nitrogens is 4. The molecule has 1 amide bonds. The molecule has 3 aromatic rings. The van der Waals surface area contributed by atoms with Gasteiger partial charge < -0.3 is 20.5 Å². The van der Waals surface area contributed by atoms with E-state index < -0.39 is 17.9 Å². The molecule has 3 aromatic heterocycles. The van der Waals surface area contributed by atoms with Crippen molar-refractivity contribution in [3.05, 3.63) is 46.5 Å². The lowest BCUT2D eigenvalue weighted by Crippen LogP contribution is -2.55. The third-order valence-corrected chi connectivity index (χ3v) is 7.01. The molecule has 12 heteroatoms. The number of halogens is 2. The van der Waals surface area contributed by atoms with Crippen molar-refractivity contribution in [2.75, 3.05) is 17.7 Å². The van der Waals surface area contributed by atoms with Crippen LogP contribution >= 0.6 is 0 Å². The van der Waals surface area contributed by atoms with Gasteiger partial charge in [-0.25, -0.2) is 13.8 Å². The minimum atomic E-state index is -2.92.